The number of ether oxygens (including phenoxy) is 6. The van der Waals surface area contributed by atoms with Crippen LogP contribution in [0.15, 0.2) is 97.2 Å². The minimum Gasteiger partial charge on any atom is -0.457 e. The van der Waals surface area contributed by atoms with Gasteiger partial charge in [0.1, 0.15) is 54.9 Å². The molecule has 7 N–H and O–H groups in total. The molecular weight excluding hydrogens is 1030 g/mol. The van der Waals surface area contributed by atoms with Gasteiger partial charge >= 0.3 is 5.97 Å². The van der Waals surface area contributed by atoms with Crippen molar-refractivity contribution in [2.45, 2.75) is 287 Å². The van der Waals surface area contributed by atoms with Crippen LogP contribution >= 0.6 is 0 Å². The number of carbonyl (C=O) groups is 1. The van der Waals surface area contributed by atoms with E-state index in [4.69, 9.17) is 28.4 Å². The third kappa shape index (κ3) is 38.5. The summed E-state index contributed by atoms with van der Waals surface area (Å²) in [5.41, 5.74) is 0. The van der Waals surface area contributed by atoms with Crippen LogP contribution in [0.1, 0.15) is 219 Å². The molecule has 0 aromatic rings. The van der Waals surface area contributed by atoms with Crippen LogP contribution in [0.25, 0.3) is 0 Å². The fraction of sp³-hybridized carbons (Fsp3) is 0.746. The average molecular weight is 1140 g/mol. The molecule has 2 aliphatic heterocycles. The number of unbranched alkanes of at least 4 members (excludes halogenated alkanes) is 21. The van der Waals surface area contributed by atoms with E-state index in [-0.39, 0.29) is 19.6 Å². The van der Waals surface area contributed by atoms with E-state index in [1.54, 1.807) is 0 Å². The lowest BCUT2D eigenvalue weighted by molar-refractivity contribution is -0.332. The zero-order valence-corrected chi connectivity index (χ0v) is 50.2. The van der Waals surface area contributed by atoms with Gasteiger partial charge in [-0.2, -0.15) is 0 Å². The van der Waals surface area contributed by atoms with Crippen LogP contribution in [0.2, 0.25) is 0 Å². The Morgan fingerprint density at radius 1 is 0.420 bits per heavy atom. The van der Waals surface area contributed by atoms with E-state index in [0.717, 1.165) is 64.2 Å². The summed E-state index contributed by atoms with van der Waals surface area (Å²) in [5, 5.41) is 72.5. The van der Waals surface area contributed by atoms with Gasteiger partial charge in [-0.1, -0.05) is 220 Å². The van der Waals surface area contributed by atoms with Gasteiger partial charge in [0.05, 0.1) is 26.4 Å². The number of esters is 1. The molecule has 14 heteroatoms. The van der Waals surface area contributed by atoms with Crippen LogP contribution in [0.3, 0.4) is 0 Å². The van der Waals surface area contributed by atoms with E-state index in [0.29, 0.717) is 19.4 Å². The Morgan fingerprint density at radius 3 is 1.27 bits per heavy atom. The van der Waals surface area contributed by atoms with Crippen molar-refractivity contribution in [2.24, 2.45) is 0 Å². The normalized spacial score (nSPS) is 24.4. The van der Waals surface area contributed by atoms with Crippen molar-refractivity contribution in [3.63, 3.8) is 0 Å². The largest absolute Gasteiger partial charge is 0.457 e. The van der Waals surface area contributed by atoms with E-state index in [2.05, 4.69) is 111 Å². The second-order valence-electron chi connectivity index (χ2n) is 21.8. The highest BCUT2D eigenvalue weighted by molar-refractivity contribution is 5.69. The smallest absolute Gasteiger partial charge is 0.306 e. The standard InChI is InChI=1S/C67H114O14/c1-3-5-7-9-11-13-15-17-19-21-23-25-27-29-31-33-35-37-39-41-43-45-47-49-51-76-53-56(54-77-66-65(75)63(73)61(71)58(81-66)55-78-67-64(74)62(72)60(70)57(52-68)80-67)79-59(69)50-48-46-44-42-40-38-36-34-32-30-28-26-24-22-20-18-16-14-12-10-8-6-4-2/h6,8,12,14,18,20-21,23-24,26,30,32,36,38,42,44,56-58,60-68,70-75H,3-5,7,9-11,13,15-17,19,22,25,27-29,31,33-35,37,39-41,43,45-55H2,1-2H3/b8-6-,14-12-,20-18-,23-21-,26-24-,32-30-,38-36-,44-42-. The van der Waals surface area contributed by atoms with Gasteiger partial charge in [-0.25, -0.2) is 0 Å². The minimum absolute atomic E-state index is 0.0330. The number of hydrogen-bond donors (Lipinski definition) is 7. The number of allylic oxidation sites excluding steroid dienone is 16. The van der Waals surface area contributed by atoms with E-state index in [1.807, 2.05) is 0 Å². The molecule has 2 heterocycles. The minimum atomic E-state index is -1.72. The first kappa shape index (κ1) is 74.0. The summed E-state index contributed by atoms with van der Waals surface area (Å²) >= 11 is 0. The van der Waals surface area contributed by atoms with Gasteiger partial charge in [-0.3, -0.25) is 4.79 Å². The van der Waals surface area contributed by atoms with E-state index >= 15 is 0 Å². The molecule has 0 saturated carbocycles. The number of rotatable bonds is 51. The Morgan fingerprint density at radius 2 is 0.802 bits per heavy atom. The zero-order chi connectivity index (χ0) is 58.6. The van der Waals surface area contributed by atoms with Crippen molar-refractivity contribution in [3.8, 4) is 0 Å². The molecule has 11 atom stereocenters. The lowest BCUT2D eigenvalue weighted by Crippen LogP contribution is -2.61. The topological polar surface area (TPSA) is 214 Å². The van der Waals surface area contributed by atoms with Gasteiger partial charge in [0.25, 0.3) is 0 Å². The molecule has 0 aliphatic carbocycles. The van der Waals surface area contributed by atoms with Gasteiger partial charge in [-0.05, 0) is 89.9 Å². The maximum atomic E-state index is 13.1. The summed E-state index contributed by atoms with van der Waals surface area (Å²) in [6.07, 6.45) is 54.8. The first-order chi connectivity index (χ1) is 39.6. The van der Waals surface area contributed by atoms with Gasteiger partial charge in [0, 0.05) is 13.0 Å². The highest BCUT2D eigenvalue weighted by Gasteiger charge is 2.47. The first-order valence-electron chi connectivity index (χ1n) is 31.8. The molecule has 0 spiro atoms. The fourth-order valence-electron chi connectivity index (χ4n) is 9.51. The monoisotopic (exact) mass is 1140 g/mol. The van der Waals surface area contributed by atoms with Crippen molar-refractivity contribution < 1.29 is 69.0 Å². The highest BCUT2D eigenvalue weighted by Crippen LogP contribution is 2.27. The molecule has 2 fully saturated rings. The summed E-state index contributed by atoms with van der Waals surface area (Å²) in [7, 11) is 0. The van der Waals surface area contributed by atoms with E-state index in [1.165, 1.54) is 122 Å². The number of aliphatic hydroxyl groups is 7. The third-order valence-corrected chi connectivity index (χ3v) is 14.6. The van der Waals surface area contributed by atoms with Gasteiger partial charge in [-0.15, -0.1) is 0 Å². The number of carbonyl (C=O) groups excluding carboxylic acids is 1. The Bertz CT molecular complexity index is 1710. The van der Waals surface area contributed by atoms with Gasteiger partial charge < -0.3 is 64.2 Å². The molecular formula is C67H114O14. The molecule has 2 saturated heterocycles. The molecule has 14 nitrogen and oxygen atoms in total. The first-order valence-corrected chi connectivity index (χ1v) is 31.8. The van der Waals surface area contributed by atoms with Crippen LogP contribution in [-0.4, -0.2) is 142 Å². The Hall–Kier alpha value is -3.09. The van der Waals surface area contributed by atoms with Gasteiger partial charge in [0.2, 0.25) is 0 Å². The quantitative estimate of drug-likeness (QED) is 0.0172. The maximum Gasteiger partial charge on any atom is 0.306 e. The molecule has 0 aromatic carbocycles. The third-order valence-electron chi connectivity index (χ3n) is 14.6. The van der Waals surface area contributed by atoms with Crippen molar-refractivity contribution in [1.29, 1.82) is 0 Å². The Labute approximate surface area is 490 Å². The number of aliphatic hydroxyl groups excluding tert-OH is 7. The molecule has 0 aromatic heterocycles. The molecule has 2 aliphatic rings. The van der Waals surface area contributed by atoms with Crippen LogP contribution < -0.4 is 0 Å². The molecule has 2 rings (SSSR count). The molecule has 11 unspecified atom stereocenters. The lowest BCUT2D eigenvalue weighted by atomic mass is 9.98. The van der Waals surface area contributed by atoms with Crippen LogP contribution in [0.4, 0.5) is 0 Å². The number of hydrogen-bond acceptors (Lipinski definition) is 14. The molecule has 0 bridgehead atoms. The second kappa shape index (κ2) is 52.5. The predicted molar refractivity (Wildman–Crippen MR) is 325 cm³/mol. The second-order valence-corrected chi connectivity index (χ2v) is 21.8. The summed E-state index contributed by atoms with van der Waals surface area (Å²) in [5.74, 6) is -0.434. The summed E-state index contributed by atoms with van der Waals surface area (Å²) < 4.78 is 34.4. The highest BCUT2D eigenvalue weighted by atomic mass is 16.7. The van der Waals surface area contributed by atoms with Crippen molar-refractivity contribution in [2.75, 3.05) is 33.0 Å². The van der Waals surface area contributed by atoms with Crippen LogP contribution in [0.5, 0.6) is 0 Å². The van der Waals surface area contributed by atoms with Crippen molar-refractivity contribution in [3.05, 3.63) is 97.2 Å². The maximum absolute atomic E-state index is 13.1. The average Bonchev–Trinajstić information content (AvgIpc) is 3.46. The summed E-state index contributed by atoms with van der Waals surface area (Å²) in [6, 6.07) is 0. The van der Waals surface area contributed by atoms with Gasteiger partial charge in [0.15, 0.2) is 12.6 Å². The van der Waals surface area contributed by atoms with Crippen molar-refractivity contribution >= 4 is 5.97 Å². The molecule has 81 heavy (non-hydrogen) atoms. The SMILES string of the molecule is CC/C=C\C/C=C\C/C=C\C/C=C\C/C=C\C/C=C\C/C=C\CCCC(=O)OC(COCCCCCCCCCCCCCC/C=C\CCCCCCCCCC)COC1OC(COC2OC(CO)C(O)C(O)C2O)C(O)C(O)C1O. The molecule has 466 valence electrons. The van der Waals surface area contributed by atoms with E-state index in [9.17, 15) is 40.5 Å². The fourth-order valence-corrected chi connectivity index (χ4v) is 9.51. The summed E-state index contributed by atoms with van der Waals surface area (Å²) in [4.78, 5) is 13.1. The lowest BCUT2D eigenvalue weighted by Gasteiger charge is -2.42. The molecule has 0 radical (unpaired) electrons. The molecule has 0 amide bonds. The predicted octanol–water partition coefficient (Wildman–Crippen LogP) is 12.5. The zero-order valence-electron chi connectivity index (χ0n) is 50.2. The Kier molecular flexibility index (Phi) is 47.9. The summed E-state index contributed by atoms with van der Waals surface area (Å²) in [6.45, 7) is 3.51. The van der Waals surface area contributed by atoms with Crippen LogP contribution in [-0.2, 0) is 33.2 Å². The van der Waals surface area contributed by atoms with Crippen LogP contribution in [0, 0.1) is 0 Å². The van der Waals surface area contributed by atoms with Crippen molar-refractivity contribution in [1.82, 2.24) is 0 Å². The Balaban J connectivity index is 1.71. The van der Waals surface area contributed by atoms with E-state index < -0.39 is 86.7 Å².